The van der Waals surface area contributed by atoms with Crippen molar-refractivity contribution in [2.75, 3.05) is 32.8 Å². The van der Waals surface area contributed by atoms with Crippen LogP contribution in [-0.2, 0) is 21.3 Å². The van der Waals surface area contributed by atoms with Crippen LogP contribution >= 0.6 is 11.3 Å². The van der Waals surface area contributed by atoms with Crippen LogP contribution in [-0.4, -0.2) is 61.9 Å². The molecule has 2 atom stereocenters. The van der Waals surface area contributed by atoms with Crippen molar-refractivity contribution in [2.45, 2.75) is 82.5 Å². The van der Waals surface area contributed by atoms with Crippen molar-refractivity contribution in [3.05, 3.63) is 20.9 Å². The summed E-state index contributed by atoms with van der Waals surface area (Å²) < 4.78 is 11.6. The Balaban J connectivity index is 1.08. The predicted octanol–water partition coefficient (Wildman–Crippen LogP) is 3.42. The highest BCUT2D eigenvalue weighted by molar-refractivity contribution is 7.12. The monoisotopic (exact) mass is 430 g/mol. The van der Waals surface area contributed by atoms with E-state index in [1.807, 2.05) is 11.3 Å². The molecule has 1 spiro atoms. The maximum absolute atomic E-state index is 12.4. The number of rotatable bonds is 4. The fourth-order valence-corrected chi connectivity index (χ4v) is 8.47. The molecule has 5 nitrogen and oxygen atoms in total. The Hall–Kier alpha value is -0.950. The normalized spacial score (nSPS) is 39.1. The molecule has 1 amide bonds. The van der Waals surface area contributed by atoms with Gasteiger partial charge in [0.25, 0.3) is 5.91 Å². The molecule has 6 rings (SSSR count). The van der Waals surface area contributed by atoms with Crippen LogP contribution in [0.1, 0.15) is 71.1 Å². The lowest BCUT2D eigenvalue weighted by atomic mass is 9.76. The Kier molecular flexibility index (Phi) is 4.62. The van der Waals surface area contributed by atoms with Crippen molar-refractivity contribution in [1.82, 2.24) is 10.2 Å². The molecule has 0 unspecified atom stereocenters. The number of thiophene rings is 1. The number of nitrogens with zero attached hydrogens (tertiary/aromatic N) is 1. The summed E-state index contributed by atoms with van der Waals surface area (Å²) in [4.78, 5) is 17.9. The van der Waals surface area contributed by atoms with Gasteiger partial charge >= 0.3 is 0 Å². The summed E-state index contributed by atoms with van der Waals surface area (Å²) in [6, 6.07) is 0.739. The van der Waals surface area contributed by atoms with Crippen molar-refractivity contribution in [3.8, 4) is 0 Å². The van der Waals surface area contributed by atoms with Crippen LogP contribution in [0.5, 0.6) is 0 Å². The Bertz CT molecular complexity index is 847. The number of nitrogens with one attached hydrogen (secondary N) is 1. The molecule has 2 saturated carbocycles. The maximum atomic E-state index is 12.4. The standard InChI is InChI=1S/C24H34N2O3S/c1-15-20-19(5-9-25-22(20)27)30-21(15)23(2)14-24(23)7-3-16(4-8-24)26-11-18(12-26)29-17-6-10-28-13-17/h16-18H,3-14H2,1-2H3,(H,25,27)/t16-,17-,23-,24-/m1/s1. The first-order valence-electron chi connectivity index (χ1n) is 11.9. The molecule has 2 aliphatic carbocycles. The highest BCUT2D eigenvalue weighted by atomic mass is 32.1. The Labute approximate surface area is 183 Å². The largest absolute Gasteiger partial charge is 0.379 e. The minimum atomic E-state index is 0.150. The van der Waals surface area contributed by atoms with Crippen molar-refractivity contribution >= 4 is 17.2 Å². The third kappa shape index (κ3) is 2.94. The van der Waals surface area contributed by atoms with E-state index in [2.05, 4.69) is 24.1 Å². The van der Waals surface area contributed by atoms with Gasteiger partial charge in [0, 0.05) is 47.5 Å². The second kappa shape index (κ2) is 7.03. The number of carbonyl (C=O) groups is 1. The molecule has 0 bridgehead atoms. The van der Waals surface area contributed by atoms with E-state index in [1.54, 1.807) is 0 Å². The van der Waals surface area contributed by atoms with Crippen LogP contribution in [0.25, 0.3) is 0 Å². The van der Waals surface area contributed by atoms with Crippen LogP contribution in [0.4, 0.5) is 0 Å². The molecule has 3 aliphatic heterocycles. The fraction of sp³-hybridized carbons (Fsp3) is 0.792. The van der Waals surface area contributed by atoms with Crippen molar-refractivity contribution in [2.24, 2.45) is 5.41 Å². The van der Waals surface area contributed by atoms with Crippen LogP contribution in [0.2, 0.25) is 0 Å². The molecule has 30 heavy (non-hydrogen) atoms. The first kappa shape index (κ1) is 19.7. The predicted molar refractivity (Wildman–Crippen MR) is 117 cm³/mol. The molecule has 164 valence electrons. The third-order valence-electron chi connectivity index (χ3n) is 8.90. The van der Waals surface area contributed by atoms with Gasteiger partial charge in [-0.25, -0.2) is 0 Å². The zero-order valence-electron chi connectivity index (χ0n) is 18.3. The lowest BCUT2D eigenvalue weighted by Gasteiger charge is -2.47. The molecule has 0 radical (unpaired) electrons. The zero-order chi connectivity index (χ0) is 20.5. The molecular weight excluding hydrogens is 396 g/mol. The maximum Gasteiger partial charge on any atom is 0.252 e. The molecule has 1 aromatic rings. The second-order valence-electron chi connectivity index (χ2n) is 10.6. The summed E-state index contributed by atoms with van der Waals surface area (Å²) in [7, 11) is 0. The second-order valence-corrected chi connectivity index (χ2v) is 11.7. The average Bonchev–Trinajstić information content (AvgIpc) is 3.08. The molecule has 6 heteroatoms. The van der Waals surface area contributed by atoms with Gasteiger partial charge in [0.05, 0.1) is 24.4 Å². The minimum absolute atomic E-state index is 0.150. The zero-order valence-corrected chi connectivity index (χ0v) is 19.1. The van der Waals surface area contributed by atoms with Gasteiger partial charge in [-0.15, -0.1) is 11.3 Å². The van der Waals surface area contributed by atoms with E-state index in [1.165, 1.54) is 47.4 Å². The highest BCUT2D eigenvalue weighted by Gasteiger charge is 2.66. The molecule has 4 heterocycles. The molecule has 1 N–H and O–H groups in total. The van der Waals surface area contributed by atoms with E-state index in [4.69, 9.17) is 9.47 Å². The Morgan fingerprint density at radius 2 is 2.00 bits per heavy atom. The van der Waals surface area contributed by atoms with Gasteiger partial charge in [0.1, 0.15) is 0 Å². The molecule has 0 aromatic carbocycles. The van der Waals surface area contributed by atoms with Crippen LogP contribution in [0, 0.1) is 12.3 Å². The minimum Gasteiger partial charge on any atom is -0.379 e. The molecular formula is C24H34N2O3S. The van der Waals surface area contributed by atoms with Gasteiger partial charge in [-0.1, -0.05) is 6.92 Å². The topological polar surface area (TPSA) is 50.8 Å². The summed E-state index contributed by atoms with van der Waals surface area (Å²) in [5.74, 6) is 0.150. The quantitative estimate of drug-likeness (QED) is 0.795. The number of carbonyl (C=O) groups excluding carboxylic acids is 1. The van der Waals surface area contributed by atoms with Crippen molar-refractivity contribution in [1.29, 1.82) is 0 Å². The summed E-state index contributed by atoms with van der Waals surface area (Å²) >= 11 is 1.94. The SMILES string of the molecule is Cc1c([C@@]2(C)C[C@]23CC[C@@H](N2CC(O[C@@H]4CCOC4)C2)CC3)sc2c1C(=O)NCC2. The van der Waals surface area contributed by atoms with E-state index in [0.29, 0.717) is 17.6 Å². The van der Waals surface area contributed by atoms with Gasteiger partial charge in [-0.05, 0) is 62.8 Å². The van der Waals surface area contributed by atoms with Crippen LogP contribution in [0.3, 0.4) is 0 Å². The van der Waals surface area contributed by atoms with E-state index < -0.39 is 0 Å². The highest BCUT2D eigenvalue weighted by Crippen LogP contribution is 2.72. The average molecular weight is 431 g/mol. The first-order chi connectivity index (χ1) is 14.5. The first-order valence-corrected chi connectivity index (χ1v) is 12.7. The summed E-state index contributed by atoms with van der Waals surface area (Å²) in [5, 5.41) is 3.04. The fourth-order valence-electron chi connectivity index (χ4n) is 6.90. The third-order valence-corrected chi connectivity index (χ3v) is 10.5. The van der Waals surface area contributed by atoms with Gasteiger partial charge in [0.15, 0.2) is 0 Å². The van der Waals surface area contributed by atoms with Crippen LogP contribution < -0.4 is 5.32 Å². The van der Waals surface area contributed by atoms with E-state index in [9.17, 15) is 4.79 Å². The number of likely N-dealkylation sites (tertiary alicyclic amines) is 1. The van der Waals surface area contributed by atoms with Gasteiger partial charge < -0.3 is 14.8 Å². The van der Waals surface area contributed by atoms with Gasteiger partial charge in [-0.2, -0.15) is 0 Å². The van der Waals surface area contributed by atoms with Crippen molar-refractivity contribution in [3.63, 3.8) is 0 Å². The molecule has 4 fully saturated rings. The lowest BCUT2D eigenvalue weighted by molar-refractivity contribution is -0.110. The Morgan fingerprint density at radius 1 is 1.20 bits per heavy atom. The number of ether oxygens (including phenoxy) is 2. The molecule has 2 saturated heterocycles. The number of hydrogen-bond acceptors (Lipinski definition) is 5. The number of amides is 1. The van der Waals surface area contributed by atoms with E-state index >= 15 is 0 Å². The summed E-state index contributed by atoms with van der Waals surface area (Å²) in [5.41, 5.74) is 3.03. The number of fused-ring (bicyclic) bond motifs is 1. The smallest absolute Gasteiger partial charge is 0.252 e. The summed E-state index contributed by atoms with van der Waals surface area (Å²) in [6.45, 7) is 9.33. The van der Waals surface area contributed by atoms with E-state index in [-0.39, 0.29) is 11.3 Å². The lowest BCUT2D eigenvalue weighted by Crippen LogP contribution is -2.58. The van der Waals surface area contributed by atoms with Crippen molar-refractivity contribution < 1.29 is 14.3 Å². The Morgan fingerprint density at radius 3 is 2.70 bits per heavy atom. The summed E-state index contributed by atoms with van der Waals surface area (Å²) in [6.07, 6.45) is 9.44. The van der Waals surface area contributed by atoms with Gasteiger partial charge in [-0.3, -0.25) is 9.69 Å². The van der Waals surface area contributed by atoms with Gasteiger partial charge in [0.2, 0.25) is 0 Å². The number of hydrogen-bond donors (Lipinski definition) is 1. The van der Waals surface area contributed by atoms with E-state index in [0.717, 1.165) is 57.3 Å². The molecule has 5 aliphatic rings. The molecule has 1 aromatic heterocycles. The van der Waals surface area contributed by atoms with Crippen LogP contribution in [0.15, 0.2) is 0 Å².